The predicted molar refractivity (Wildman–Crippen MR) is 104 cm³/mol. The van der Waals surface area contributed by atoms with Gasteiger partial charge < -0.3 is 4.42 Å². The Bertz CT molecular complexity index is 764. The SMILES string of the molecule is CC1SC(=S)N(CCCCCc2nnc(-c3ccc(Cl)cc3)o2)C1=O. The first-order chi connectivity index (χ1) is 12.0. The Hall–Kier alpha value is -1.44. The molecule has 1 aliphatic rings. The zero-order valence-corrected chi connectivity index (χ0v) is 16.2. The molecular formula is C17H18ClN3O2S2. The number of aromatic nitrogens is 2. The van der Waals surface area contributed by atoms with Crippen molar-refractivity contribution in [1.29, 1.82) is 0 Å². The number of thioether (sulfide) groups is 1. The Balaban J connectivity index is 1.42. The molecule has 0 saturated carbocycles. The van der Waals surface area contributed by atoms with Crippen LogP contribution in [0.2, 0.25) is 5.02 Å². The van der Waals surface area contributed by atoms with Gasteiger partial charge in [0.25, 0.3) is 0 Å². The Kier molecular flexibility index (Phi) is 6.09. The number of thiocarbonyl (C=S) groups is 1. The largest absolute Gasteiger partial charge is 0.421 e. The van der Waals surface area contributed by atoms with Crippen LogP contribution in [0.5, 0.6) is 0 Å². The summed E-state index contributed by atoms with van der Waals surface area (Å²) in [7, 11) is 0. The maximum Gasteiger partial charge on any atom is 0.247 e. The summed E-state index contributed by atoms with van der Waals surface area (Å²) in [4.78, 5) is 13.7. The molecule has 1 aromatic heterocycles. The van der Waals surface area contributed by atoms with E-state index in [2.05, 4.69) is 10.2 Å². The second kappa shape index (κ2) is 8.29. The molecule has 1 amide bonds. The normalized spacial score (nSPS) is 17.5. The molecule has 1 atom stereocenters. The summed E-state index contributed by atoms with van der Waals surface area (Å²) in [5, 5.41) is 8.79. The number of hydrogen-bond acceptors (Lipinski definition) is 6. The van der Waals surface area contributed by atoms with E-state index in [-0.39, 0.29) is 11.2 Å². The van der Waals surface area contributed by atoms with Gasteiger partial charge in [0.15, 0.2) is 0 Å². The molecule has 3 rings (SSSR count). The molecule has 2 aromatic rings. The summed E-state index contributed by atoms with van der Waals surface area (Å²) < 4.78 is 6.38. The highest BCUT2D eigenvalue weighted by Crippen LogP contribution is 2.27. The highest BCUT2D eigenvalue weighted by Gasteiger charge is 2.32. The second-order valence-corrected chi connectivity index (χ2v) is 8.25. The maximum absolute atomic E-state index is 11.9. The van der Waals surface area contributed by atoms with Crippen LogP contribution in [0.3, 0.4) is 0 Å². The average Bonchev–Trinajstić information content (AvgIpc) is 3.15. The van der Waals surface area contributed by atoms with Crippen molar-refractivity contribution in [2.75, 3.05) is 6.54 Å². The van der Waals surface area contributed by atoms with Gasteiger partial charge in [-0.2, -0.15) is 0 Å². The highest BCUT2D eigenvalue weighted by molar-refractivity contribution is 8.24. The van der Waals surface area contributed by atoms with Crippen molar-refractivity contribution < 1.29 is 9.21 Å². The molecule has 132 valence electrons. The Morgan fingerprint density at radius 2 is 2.00 bits per heavy atom. The molecule has 0 N–H and O–H groups in total. The number of rotatable bonds is 7. The molecule has 2 heterocycles. The van der Waals surface area contributed by atoms with Crippen LogP contribution >= 0.6 is 35.6 Å². The molecule has 8 heteroatoms. The van der Waals surface area contributed by atoms with Gasteiger partial charge in [-0.15, -0.1) is 10.2 Å². The zero-order valence-electron chi connectivity index (χ0n) is 13.8. The van der Waals surface area contributed by atoms with Crippen molar-refractivity contribution in [1.82, 2.24) is 15.1 Å². The summed E-state index contributed by atoms with van der Waals surface area (Å²) in [6, 6.07) is 7.30. The minimum absolute atomic E-state index is 0.0443. The van der Waals surface area contributed by atoms with E-state index in [0.717, 1.165) is 31.2 Å². The van der Waals surface area contributed by atoms with E-state index in [1.54, 1.807) is 17.0 Å². The molecule has 0 aliphatic carbocycles. The van der Waals surface area contributed by atoms with Gasteiger partial charge in [-0.1, -0.05) is 42.0 Å². The first kappa shape index (κ1) is 18.4. The van der Waals surface area contributed by atoms with E-state index in [1.165, 1.54) is 11.8 Å². The molecular weight excluding hydrogens is 378 g/mol. The van der Waals surface area contributed by atoms with Gasteiger partial charge in [-0.05, 0) is 44.0 Å². The average molecular weight is 396 g/mol. The van der Waals surface area contributed by atoms with Crippen molar-refractivity contribution in [3.05, 3.63) is 35.2 Å². The fourth-order valence-corrected chi connectivity index (χ4v) is 4.14. The molecule has 1 fully saturated rings. The summed E-state index contributed by atoms with van der Waals surface area (Å²) in [6.45, 7) is 2.59. The lowest BCUT2D eigenvalue weighted by molar-refractivity contribution is -0.125. The standard InChI is InChI=1S/C17H18ClN3O2S2/c1-11-16(22)21(17(24)25-11)10-4-2-3-5-14-19-20-15(23-14)12-6-8-13(18)9-7-12/h6-9,11H,2-5,10H2,1H3. The quantitative estimate of drug-likeness (QED) is 0.513. The van der Waals surface area contributed by atoms with Gasteiger partial charge in [0.1, 0.15) is 4.32 Å². The van der Waals surface area contributed by atoms with E-state index < -0.39 is 0 Å². The van der Waals surface area contributed by atoms with E-state index in [0.29, 0.717) is 27.7 Å². The second-order valence-electron chi connectivity index (χ2n) is 5.83. The molecule has 25 heavy (non-hydrogen) atoms. The van der Waals surface area contributed by atoms with Crippen LogP contribution in [0.4, 0.5) is 0 Å². The molecule has 0 radical (unpaired) electrons. The fourth-order valence-electron chi connectivity index (χ4n) is 2.56. The molecule has 1 saturated heterocycles. The van der Waals surface area contributed by atoms with Gasteiger partial charge in [0.2, 0.25) is 17.7 Å². The van der Waals surface area contributed by atoms with E-state index >= 15 is 0 Å². The van der Waals surface area contributed by atoms with Gasteiger partial charge in [0.05, 0.1) is 5.25 Å². The molecule has 1 aliphatic heterocycles. The number of hydrogen-bond donors (Lipinski definition) is 0. The van der Waals surface area contributed by atoms with Crippen LogP contribution in [-0.4, -0.2) is 37.1 Å². The van der Waals surface area contributed by atoms with Gasteiger partial charge >= 0.3 is 0 Å². The minimum atomic E-state index is -0.0443. The van der Waals surface area contributed by atoms with Crippen LogP contribution in [0, 0.1) is 0 Å². The molecule has 0 spiro atoms. The maximum atomic E-state index is 11.9. The fraction of sp³-hybridized carbons (Fsp3) is 0.412. The molecule has 1 aromatic carbocycles. The number of halogens is 1. The number of amides is 1. The summed E-state index contributed by atoms with van der Waals surface area (Å²) >= 11 is 12.6. The number of unbranched alkanes of at least 4 members (excludes halogenated alkanes) is 2. The third kappa shape index (κ3) is 4.59. The third-order valence-corrected chi connectivity index (χ3v) is 5.68. The Morgan fingerprint density at radius 3 is 2.68 bits per heavy atom. The lowest BCUT2D eigenvalue weighted by Crippen LogP contribution is -2.31. The first-order valence-corrected chi connectivity index (χ1v) is 9.81. The summed E-state index contributed by atoms with van der Waals surface area (Å²) in [5.74, 6) is 1.26. The van der Waals surface area contributed by atoms with Crippen molar-refractivity contribution in [2.24, 2.45) is 0 Å². The third-order valence-electron chi connectivity index (χ3n) is 3.94. The lowest BCUT2D eigenvalue weighted by atomic mass is 10.2. The molecule has 0 bridgehead atoms. The van der Waals surface area contributed by atoms with E-state index in [1.807, 2.05) is 19.1 Å². The zero-order chi connectivity index (χ0) is 17.8. The lowest BCUT2D eigenvalue weighted by Gasteiger charge is -2.14. The molecule has 1 unspecified atom stereocenters. The molecule has 5 nitrogen and oxygen atoms in total. The van der Waals surface area contributed by atoms with Crippen molar-refractivity contribution >= 4 is 45.8 Å². The van der Waals surface area contributed by atoms with Crippen molar-refractivity contribution in [2.45, 2.75) is 37.9 Å². The van der Waals surface area contributed by atoms with Crippen LogP contribution in [0.15, 0.2) is 28.7 Å². The highest BCUT2D eigenvalue weighted by atomic mass is 35.5. The van der Waals surface area contributed by atoms with Gasteiger partial charge in [-0.25, -0.2) is 0 Å². The number of carbonyl (C=O) groups is 1. The first-order valence-electron chi connectivity index (χ1n) is 8.15. The van der Waals surface area contributed by atoms with Crippen LogP contribution < -0.4 is 0 Å². The van der Waals surface area contributed by atoms with Crippen molar-refractivity contribution in [3.8, 4) is 11.5 Å². The van der Waals surface area contributed by atoms with Crippen LogP contribution in [-0.2, 0) is 11.2 Å². The number of carbonyl (C=O) groups excluding carboxylic acids is 1. The number of benzene rings is 1. The van der Waals surface area contributed by atoms with E-state index in [4.69, 9.17) is 28.2 Å². The Labute approximate surface area is 161 Å². The Morgan fingerprint density at radius 1 is 1.24 bits per heavy atom. The van der Waals surface area contributed by atoms with E-state index in [9.17, 15) is 4.79 Å². The monoisotopic (exact) mass is 395 g/mol. The van der Waals surface area contributed by atoms with Gasteiger partial charge in [-0.3, -0.25) is 9.69 Å². The topological polar surface area (TPSA) is 59.2 Å². The van der Waals surface area contributed by atoms with Crippen LogP contribution in [0.1, 0.15) is 32.1 Å². The smallest absolute Gasteiger partial charge is 0.247 e. The summed E-state index contributed by atoms with van der Waals surface area (Å²) in [5.41, 5.74) is 0.857. The predicted octanol–water partition coefficient (Wildman–Crippen LogP) is 4.35. The number of aryl methyl sites for hydroxylation is 1. The van der Waals surface area contributed by atoms with Crippen LogP contribution in [0.25, 0.3) is 11.5 Å². The van der Waals surface area contributed by atoms with Gasteiger partial charge in [0, 0.05) is 23.6 Å². The minimum Gasteiger partial charge on any atom is -0.421 e. The summed E-state index contributed by atoms with van der Waals surface area (Å²) in [6.07, 6.45) is 3.55. The van der Waals surface area contributed by atoms with Crippen molar-refractivity contribution in [3.63, 3.8) is 0 Å². The number of nitrogens with zero attached hydrogens (tertiary/aromatic N) is 3.